The summed E-state index contributed by atoms with van der Waals surface area (Å²) in [5.41, 5.74) is 1.80. The van der Waals surface area contributed by atoms with Gasteiger partial charge in [-0.05, 0) is 85.1 Å². The number of aromatic hydroxyl groups is 1. The van der Waals surface area contributed by atoms with Crippen molar-refractivity contribution >= 4 is 24.1 Å². The maximum absolute atomic E-state index is 12.2. The molecule has 0 heterocycles. The van der Waals surface area contributed by atoms with Crippen LogP contribution < -0.4 is 14.2 Å². The highest BCUT2D eigenvalue weighted by Crippen LogP contribution is 2.30. The molecule has 0 spiro atoms. The zero-order valence-corrected chi connectivity index (χ0v) is 29.3. The molecule has 3 rings (SSSR count). The molecule has 1 N–H and O–H groups in total. The fraction of sp³-hybridized carbons (Fsp3) is 0.462. The first kappa shape index (κ1) is 37.9. The molecule has 0 bridgehead atoms. The Hall–Kier alpha value is -4.53. The van der Waals surface area contributed by atoms with E-state index < -0.39 is 0 Å². The number of rotatable bonds is 20. The van der Waals surface area contributed by atoms with Crippen molar-refractivity contribution in [2.75, 3.05) is 20.3 Å². The Morgan fingerprint density at radius 2 is 1.38 bits per heavy atom. The van der Waals surface area contributed by atoms with Gasteiger partial charge < -0.3 is 19.3 Å². The molecule has 0 radical (unpaired) electrons. The van der Waals surface area contributed by atoms with E-state index in [1.807, 2.05) is 18.2 Å². The summed E-state index contributed by atoms with van der Waals surface area (Å²) in [4.78, 5) is 25.8. The van der Waals surface area contributed by atoms with Crippen LogP contribution in [-0.2, 0) is 6.54 Å². The lowest BCUT2D eigenvalue weighted by molar-refractivity contribution is 0.232. The zero-order valence-electron chi connectivity index (χ0n) is 29.3. The van der Waals surface area contributed by atoms with Gasteiger partial charge in [0.2, 0.25) is 0 Å². The average Bonchev–Trinajstić information content (AvgIpc) is 3.12. The third-order valence-electron chi connectivity index (χ3n) is 8.53. The molecular formula is C39H52N4O5. The molecule has 0 aliphatic heterocycles. The zero-order chi connectivity index (χ0) is 34.7. The number of ether oxygens (including phenoxy) is 3. The highest BCUT2D eigenvalue weighted by Gasteiger charge is 2.16. The highest BCUT2D eigenvalue weighted by atomic mass is 16.5. The molecule has 9 nitrogen and oxygen atoms in total. The third kappa shape index (κ3) is 11.6. The molecule has 2 unspecified atom stereocenters. The number of methoxy groups -OCH3 is 1. The Labute approximate surface area is 286 Å². The van der Waals surface area contributed by atoms with E-state index in [2.05, 4.69) is 44.6 Å². The summed E-state index contributed by atoms with van der Waals surface area (Å²) < 4.78 is 17.4. The van der Waals surface area contributed by atoms with E-state index >= 15 is 0 Å². The lowest BCUT2D eigenvalue weighted by Crippen LogP contribution is -2.11. The molecule has 0 saturated carbocycles. The van der Waals surface area contributed by atoms with Gasteiger partial charge >= 0.3 is 0 Å². The van der Waals surface area contributed by atoms with Gasteiger partial charge in [0.15, 0.2) is 11.7 Å². The maximum atomic E-state index is 12.2. The smallest absolute Gasteiger partial charge is 0.161 e. The molecule has 2 atom stereocenters. The standard InChI is InChI=1S/C39H52N4O5/c1-7-11-13-28(9-3)26-47-33-21-22-35(36(23-33)43-45)39(42-38(40-5)30-15-18-32(46-6)19-16-30)41-25-31-17-20-34(24-37(31)44)48-27-29(10-4)14-12-8-2/h15-24,28-29,44H,5,7-14,25-27H2,1-4,6H3. The number of benzene rings is 3. The van der Waals surface area contributed by atoms with Crippen molar-refractivity contribution in [1.82, 2.24) is 0 Å². The molecule has 0 aliphatic carbocycles. The summed E-state index contributed by atoms with van der Waals surface area (Å²) in [7, 11) is 1.60. The fourth-order valence-electron chi connectivity index (χ4n) is 5.23. The summed E-state index contributed by atoms with van der Waals surface area (Å²) in [5, 5.41) is 14.2. The van der Waals surface area contributed by atoms with Crippen molar-refractivity contribution in [1.29, 1.82) is 0 Å². The number of nitrogens with zero attached hydrogens (tertiary/aromatic N) is 4. The van der Waals surface area contributed by atoms with E-state index in [4.69, 9.17) is 24.2 Å². The number of phenolic OH excluding ortho intramolecular Hbond substituents is 1. The van der Waals surface area contributed by atoms with Crippen LogP contribution in [0.1, 0.15) is 95.8 Å². The summed E-state index contributed by atoms with van der Waals surface area (Å²) in [6, 6.07) is 17.6. The minimum atomic E-state index is 0.0597. The number of phenols is 1. The lowest BCUT2D eigenvalue weighted by atomic mass is 10.0. The van der Waals surface area contributed by atoms with Crippen LogP contribution in [0.2, 0.25) is 0 Å². The summed E-state index contributed by atoms with van der Waals surface area (Å²) in [5.74, 6) is 3.33. The van der Waals surface area contributed by atoms with Crippen molar-refractivity contribution in [2.24, 2.45) is 32.0 Å². The van der Waals surface area contributed by atoms with Gasteiger partial charge in [-0.2, -0.15) is 0 Å². The van der Waals surface area contributed by atoms with Crippen LogP contribution in [-0.4, -0.2) is 43.8 Å². The molecule has 48 heavy (non-hydrogen) atoms. The maximum Gasteiger partial charge on any atom is 0.161 e. The molecule has 9 heteroatoms. The van der Waals surface area contributed by atoms with Crippen molar-refractivity contribution in [3.05, 3.63) is 82.3 Å². The Bertz CT molecular complexity index is 1500. The van der Waals surface area contributed by atoms with E-state index in [9.17, 15) is 10.0 Å². The van der Waals surface area contributed by atoms with Gasteiger partial charge in [0, 0.05) is 28.8 Å². The molecule has 0 aliphatic rings. The highest BCUT2D eigenvalue weighted by molar-refractivity contribution is 6.14. The topological polar surface area (TPSA) is 114 Å². The first-order chi connectivity index (χ1) is 23.4. The van der Waals surface area contributed by atoms with Gasteiger partial charge in [0.05, 0.1) is 26.9 Å². The molecule has 0 saturated heterocycles. The van der Waals surface area contributed by atoms with Crippen LogP contribution in [0, 0.1) is 16.7 Å². The fourth-order valence-corrected chi connectivity index (χ4v) is 5.23. The van der Waals surface area contributed by atoms with Crippen molar-refractivity contribution in [2.45, 2.75) is 85.6 Å². The second-order valence-electron chi connectivity index (χ2n) is 12.0. The van der Waals surface area contributed by atoms with E-state index in [0.717, 1.165) is 44.9 Å². The Balaban J connectivity index is 1.94. The van der Waals surface area contributed by atoms with E-state index in [1.54, 1.807) is 49.6 Å². The normalized spacial score (nSPS) is 13.1. The minimum Gasteiger partial charge on any atom is -0.507 e. The summed E-state index contributed by atoms with van der Waals surface area (Å²) in [6.07, 6.45) is 8.89. The van der Waals surface area contributed by atoms with Crippen molar-refractivity contribution in [3.63, 3.8) is 0 Å². The minimum absolute atomic E-state index is 0.0597. The Morgan fingerprint density at radius 3 is 1.90 bits per heavy atom. The van der Waals surface area contributed by atoms with Gasteiger partial charge in [-0.25, -0.2) is 9.98 Å². The summed E-state index contributed by atoms with van der Waals surface area (Å²) in [6.45, 7) is 13.7. The number of unbranched alkanes of at least 4 members (excludes halogenated alkanes) is 2. The quantitative estimate of drug-likeness (QED) is 0.0738. The van der Waals surface area contributed by atoms with Gasteiger partial charge in [0.1, 0.15) is 28.7 Å². The SMILES string of the molecule is C=NC(=NC(=NCc1ccc(OCC(CC)CCCC)cc1O)c1ccc(OCC(CC)CCCC)cc1N=O)c1ccc(OC)cc1. The Morgan fingerprint density at radius 1 is 0.792 bits per heavy atom. The molecule has 3 aromatic rings. The van der Waals surface area contributed by atoms with Crippen molar-refractivity contribution in [3.8, 4) is 23.0 Å². The van der Waals surface area contributed by atoms with Gasteiger partial charge in [-0.1, -0.05) is 66.2 Å². The lowest BCUT2D eigenvalue weighted by Gasteiger charge is -2.16. The average molecular weight is 657 g/mol. The van der Waals surface area contributed by atoms with E-state index in [-0.39, 0.29) is 23.8 Å². The second kappa shape index (κ2) is 20.7. The molecule has 0 fully saturated rings. The number of nitroso groups, excluding NO2 is 1. The van der Waals surface area contributed by atoms with Crippen LogP contribution in [0.4, 0.5) is 5.69 Å². The third-order valence-corrected chi connectivity index (χ3v) is 8.53. The molecule has 3 aromatic carbocycles. The van der Waals surface area contributed by atoms with Crippen molar-refractivity contribution < 1.29 is 19.3 Å². The molecule has 0 aromatic heterocycles. The van der Waals surface area contributed by atoms with Gasteiger partial charge in [-0.15, -0.1) is 4.91 Å². The number of hydrogen-bond donors (Lipinski definition) is 1. The van der Waals surface area contributed by atoms with Crippen LogP contribution in [0.5, 0.6) is 23.0 Å². The number of amidine groups is 2. The van der Waals surface area contributed by atoms with Gasteiger partial charge in [0.25, 0.3) is 0 Å². The van der Waals surface area contributed by atoms with Crippen LogP contribution in [0.15, 0.2) is 80.8 Å². The predicted molar refractivity (Wildman–Crippen MR) is 197 cm³/mol. The van der Waals surface area contributed by atoms with Gasteiger partial charge in [-0.3, -0.25) is 4.99 Å². The van der Waals surface area contributed by atoms with Crippen LogP contribution in [0.25, 0.3) is 0 Å². The van der Waals surface area contributed by atoms with E-state index in [0.29, 0.717) is 64.8 Å². The number of aliphatic imine (C=N–C) groups is 3. The van der Waals surface area contributed by atoms with Crippen LogP contribution >= 0.6 is 0 Å². The monoisotopic (exact) mass is 656 g/mol. The molecule has 258 valence electrons. The number of hydrogen-bond acceptors (Lipinski definition) is 7. The summed E-state index contributed by atoms with van der Waals surface area (Å²) >= 11 is 0. The van der Waals surface area contributed by atoms with E-state index in [1.165, 1.54) is 6.42 Å². The Kier molecular flexibility index (Phi) is 16.3. The predicted octanol–water partition coefficient (Wildman–Crippen LogP) is 10.1. The second-order valence-corrected chi connectivity index (χ2v) is 12.0. The first-order valence-electron chi connectivity index (χ1n) is 17.2. The molecule has 0 amide bonds. The molecular weight excluding hydrogens is 604 g/mol. The van der Waals surface area contributed by atoms with Crippen LogP contribution in [0.3, 0.4) is 0 Å². The largest absolute Gasteiger partial charge is 0.507 e. The first-order valence-corrected chi connectivity index (χ1v) is 17.2.